The largest absolute Gasteiger partial charge is 0.365 e. The Kier molecular flexibility index (Phi) is 12.6. The molecule has 0 radical (unpaired) electrons. The van der Waals surface area contributed by atoms with Crippen molar-refractivity contribution in [2.75, 3.05) is 21.3 Å². The molecule has 300 valence electrons. The highest BCUT2D eigenvalue weighted by molar-refractivity contribution is 5.99. The van der Waals surface area contributed by atoms with Crippen LogP contribution in [0.25, 0.3) is 11.4 Å². The summed E-state index contributed by atoms with van der Waals surface area (Å²) in [5, 5.41) is 21.3. The number of hydrogen-bond donors (Lipinski definition) is 7. The Morgan fingerprint density at radius 1 is 0.655 bits per heavy atom. The quantitative estimate of drug-likeness (QED) is 0.0760. The van der Waals surface area contributed by atoms with E-state index in [2.05, 4.69) is 51.4 Å². The number of anilines is 6. The van der Waals surface area contributed by atoms with E-state index in [0.717, 1.165) is 74.1 Å². The molecule has 2 aliphatic carbocycles. The first-order valence-corrected chi connectivity index (χ1v) is 19.5. The van der Waals surface area contributed by atoms with E-state index in [-0.39, 0.29) is 35.5 Å². The van der Waals surface area contributed by atoms with Gasteiger partial charge in [0.1, 0.15) is 17.2 Å². The van der Waals surface area contributed by atoms with Gasteiger partial charge in [-0.3, -0.25) is 9.59 Å². The van der Waals surface area contributed by atoms with Gasteiger partial charge in [-0.1, -0.05) is 25.7 Å². The number of nitrogens with two attached hydrogens (primary N) is 3. The molecule has 2 aliphatic rings. The van der Waals surface area contributed by atoms with E-state index in [1.165, 1.54) is 17.9 Å². The number of ketones is 1. The normalized spacial score (nSPS) is 18.9. The molecule has 10 N–H and O–H groups in total. The summed E-state index contributed by atoms with van der Waals surface area (Å²) in [7, 11) is 0. The fourth-order valence-electron chi connectivity index (χ4n) is 7.06. The van der Waals surface area contributed by atoms with Crippen LogP contribution in [0.15, 0.2) is 97.8 Å². The lowest BCUT2D eigenvalue weighted by atomic mass is 9.91. The summed E-state index contributed by atoms with van der Waals surface area (Å²) in [5.74, 6) is 1.04. The third-order valence-electron chi connectivity index (χ3n) is 10.3. The smallest absolute Gasteiger partial charge is 0.254 e. The van der Waals surface area contributed by atoms with Gasteiger partial charge >= 0.3 is 0 Å². The summed E-state index contributed by atoms with van der Waals surface area (Å²) in [4.78, 5) is 43.0. The molecule has 0 saturated heterocycles. The van der Waals surface area contributed by atoms with Gasteiger partial charge in [0.2, 0.25) is 11.9 Å². The number of carbonyl (C=O) groups is 2. The highest BCUT2D eigenvalue weighted by atomic mass is 16.1. The Hall–Kier alpha value is -6.72. The molecule has 8 rings (SSSR count). The maximum Gasteiger partial charge on any atom is 0.254 e. The highest BCUT2D eigenvalue weighted by Gasteiger charge is 2.24. The highest BCUT2D eigenvalue weighted by Crippen LogP contribution is 2.26. The van der Waals surface area contributed by atoms with Crippen molar-refractivity contribution in [3.05, 3.63) is 109 Å². The van der Waals surface area contributed by atoms with Gasteiger partial charge in [-0.15, -0.1) is 0 Å². The fraction of sp³-hybridized carbons (Fsp3) is 0.317. The number of amides is 1. The number of rotatable bonds is 12. The van der Waals surface area contributed by atoms with Gasteiger partial charge < -0.3 is 43.0 Å². The Morgan fingerprint density at radius 2 is 1.12 bits per heavy atom. The number of nitrogens with zero attached hydrogens (tertiary/aromatic N) is 8. The van der Waals surface area contributed by atoms with Gasteiger partial charge in [-0.25, -0.2) is 9.97 Å². The molecule has 1 amide bonds. The topological polar surface area (TPSA) is 248 Å². The molecular weight excluding hydrogens is 735 g/mol. The SMILES string of the molecule is CC(=O)c1cnc(N[C@@H]2CCCC[C@@H]2N)nc1Nc1ccc(-n2nccn2)cc1.NC(=O)c1cnc(N[C@@H]2CCCC[C@@H]2N)nc1Nc1ccc(-n2cccc2)cc1. The van der Waals surface area contributed by atoms with Crippen LogP contribution in [0.5, 0.6) is 0 Å². The van der Waals surface area contributed by atoms with Gasteiger partial charge in [0.05, 0.1) is 23.6 Å². The number of aromatic nitrogens is 8. The van der Waals surface area contributed by atoms with Crippen LogP contribution in [0.3, 0.4) is 0 Å². The molecule has 0 unspecified atom stereocenters. The summed E-state index contributed by atoms with van der Waals surface area (Å²) in [6, 6.07) is 19.7. The molecule has 0 aliphatic heterocycles. The second-order valence-electron chi connectivity index (χ2n) is 14.5. The monoisotopic (exact) mass is 783 g/mol. The summed E-state index contributed by atoms with van der Waals surface area (Å²) in [6.45, 7) is 1.50. The first-order valence-electron chi connectivity index (χ1n) is 19.5. The minimum atomic E-state index is -0.586. The molecule has 2 aromatic carbocycles. The van der Waals surface area contributed by atoms with Crippen LogP contribution in [-0.4, -0.2) is 75.4 Å². The van der Waals surface area contributed by atoms with Crippen molar-refractivity contribution < 1.29 is 9.59 Å². The zero-order chi connectivity index (χ0) is 40.4. The van der Waals surface area contributed by atoms with E-state index in [1.807, 2.05) is 77.6 Å². The lowest BCUT2D eigenvalue weighted by Crippen LogP contribution is -2.43. The van der Waals surface area contributed by atoms with Crippen LogP contribution in [0.4, 0.5) is 34.9 Å². The summed E-state index contributed by atoms with van der Waals surface area (Å²) in [5.41, 5.74) is 22.1. The average Bonchev–Trinajstić information content (AvgIpc) is 3.97. The standard InChI is InChI=1S/C21H25N7O.C20H24N8O/c22-17-5-1-2-6-18(17)26-21-24-13-16(19(23)29)20(27-21)25-14-7-9-15(10-8-14)28-11-3-4-12-28;1-13(29)16-12-22-20(26-18-5-3-2-4-17(18)21)27-19(16)25-14-6-8-15(9-7-14)28-23-10-11-24-28/h3-4,7-13,17-18H,1-2,5-6,22H2,(H2,23,29)(H2,24,25,26,27);6-12,17-18H,2-5,21H2,1H3,(H2,22,25,26,27)/t2*17-,18+/m00/s1. The lowest BCUT2D eigenvalue weighted by molar-refractivity contribution is 0.0996. The number of benzene rings is 2. The lowest BCUT2D eigenvalue weighted by Gasteiger charge is -2.29. The van der Waals surface area contributed by atoms with Gasteiger partial charge in [0.15, 0.2) is 5.78 Å². The number of hydrogen-bond acceptors (Lipinski definition) is 14. The van der Waals surface area contributed by atoms with Crippen molar-refractivity contribution >= 4 is 46.6 Å². The van der Waals surface area contributed by atoms with E-state index in [9.17, 15) is 9.59 Å². The van der Waals surface area contributed by atoms with Crippen molar-refractivity contribution in [2.24, 2.45) is 17.2 Å². The van der Waals surface area contributed by atoms with Crippen LogP contribution >= 0.6 is 0 Å². The summed E-state index contributed by atoms with van der Waals surface area (Å²) < 4.78 is 2.01. The number of carbonyl (C=O) groups excluding carboxylic acids is 2. The molecular formula is C41H49N15O2. The Bertz CT molecular complexity index is 2100. The Morgan fingerprint density at radius 3 is 1.60 bits per heavy atom. The van der Waals surface area contributed by atoms with Crippen molar-refractivity contribution in [3.8, 4) is 11.4 Å². The van der Waals surface area contributed by atoms with Crippen molar-refractivity contribution in [2.45, 2.75) is 82.5 Å². The van der Waals surface area contributed by atoms with Gasteiger partial charge in [0, 0.05) is 66.0 Å². The van der Waals surface area contributed by atoms with Crippen LogP contribution in [0.2, 0.25) is 0 Å². The van der Waals surface area contributed by atoms with Gasteiger partial charge in [0.25, 0.3) is 5.91 Å². The zero-order valence-electron chi connectivity index (χ0n) is 32.3. The Labute approximate surface area is 336 Å². The molecule has 4 atom stereocenters. The third kappa shape index (κ3) is 9.98. The zero-order valence-corrected chi connectivity index (χ0v) is 32.3. The van der Waals surface area contributed by atoms with Gasteiger partial charge in [-0.05, 0) is 93.3 Å². The number of Topliss-reactive ketones (excluding diaryl/α,β-unsaturated/α-hetero) is 1. The molecule has 4 heterocycles. The number of nitrogens with one attached hydrogen (secondary N) is 4. The maximum absolute atomic E-state index is 12.0. The first-order chi connectivity index (χ1) is 28.2. The molecule has 2 fully saturated rings. The molecule has 2 saturated carbocycles. The Balaban J connectivity index is 0.000000177. The fourth-order valence-corrected chi connectivity index (χ4v) is 7.06. The van der Waals surface area contributed by atoms with Crippen molar-refractivity contribution in [1.29, 1.82) is 0 Å². The predicted octanol–water partition coefficient (Wildman–Crippen LogP) is 5.48. The molecule has 17 heteroatoms. The maximum atomic E-state index is 12.0. The van der Waals surface area contributed by atoms with Crippen molar-refractivity contribution in [1.82, 2.24) is 39.5 Å². The van der Waals surface area contributed by atoms with E-state index >= 15 is 0 Å². The predicted molar refractivity (Wildman–Crippen MR) is 224 cm³/mol. The minimum Gasteiger partial charge on any atom is -0.365 e. The molecule has 17 nitrogen and oxygen atoms in total. The van der Waals surface area contributed by atoms with Crippen molar-refractivity contribution in [3.63, 3.8) is 0 Å². The minimum absolute atomic E-state index is 0.0702. The van der Waals surface area contributed by atoms with Crippen LogP contribution in [0, 0.1) is 0 Å². The van der Waals surface area contributed by atoms with E-state index in [1.54, 1.807) is 18.6 Å². The number of primary amides is 1. The second kappa shape index (κ2) is 18.5. The summed E-state index contributed by atoms with van der Waals surface area (Å²) in [6.07, 6.45) is 18.7. The van der Waals surface area contributed by atoms with Crippen LogP contribution < -0.4 is 38.5 Å². The average molecular weight is 784 g/mol. The molecule has 4 aromatic heterocycles. The van der Waals surface area contributed by atoms with Crippen LogP contribution in [0.1, 0.15) is 79.0 Å². The summed E-state index contributed by atoms with van der Waals surface area (Å²) >= 11 is 0. The molecule has 0 spiro atoms. The van der Waals surface area contributed by atoms with E-state index in [0.29, 0.717) is 29.1 Å². The third-order valence-corrected chi connectivity index (χ3v) is 10.3. The van der Waals surface area contributed by atoms with Gasteiger partial charge in [-0.2, -0.15) is 25.0 Å². The molecule has 6 aromatic rings. The second-order valence-corrected chi connectivity index (χ2v) is 14.5. The van der Waals surface area contributed by atoms with E-state index in [4.69, 9.17) is 17.2 Å². The van der Waals surface area contributed by atoms with Crippen LogP contribution in [-0.2, 0) is 0 Å². The molecule has 0 bridgehead atoms. The first kappa shape index (κ1) is 39.5. The van der Waals surface area contributed by atoms with E-state index < -0.39 is 5.91 Å². The molecule has 58 heavy (non-hydrogen) atoms.